The number of esters is 1. The van der Waals surface area contributed by atoms with E-state index in [9.17, 15) is 19.8 Å². The van der Waals surface area contributed by atoms with Gasteiger partial charge < -0.3 is 19.8 Å². The molecular weight excluding hydrogens is 346 g/mol. The summed E-state index contributed by atoms with van der Waals surface area (Å²) in [6.45, 7) is 1.92. The van der Waals surface area contributed by atoms with Gasteiger partial charge in [0.05, 0.1) is 12.2 Å². The highest BCUT2D eigenvalue weighted by atomic mass is 16.5. The molecule has 0 amide bonds. The summed E-state index contributed by atoms with van der Waals surface area (Å²) in [5.41, 5.74) is -3.45. The molecule has 27 heavy (non-hydrogen) atoms. The van der Waals surface area contributed by atoms with E-state index in [0.29, 0.717) is 0 Å². The summed E-state index contributed by atoms with van der Waals surface area (Å²) < 4.78 is 5.03. The van der Waals surface area contributed by atoms with Crippen LogP contribution in [0.5, 0.6) is 0 Å². The lowest BCUT2D eigenvalue weighted by Gasteiger charge is -2.39. The van der Waals surface area contributed by atoms with Crippen LogP contribution in [0.15, 0.2) is 66.4 Å². The third kappa shape index (κ3) is 2.20. The molecule has 0 saturated carbocycles. The Morgan fingerprint density at radius 3 is 2.44 bits per heavy atom. The van der Waals surface area contributed by atoms with Crippen LogP contribution in [0.3, 0.4) is 0 Å². The molecule has 0 aromatic heterocycles. The van der Waals surface area contributed by atoms with Gasteiger partial charge in [-0.1, -0.05) is 54.6 Å². The Labute approximate surface area is 156 Å². The van der Waals surface area contributed by atoms with Crippen LogP contribution in [0.1, 0.15) is 28.4 Å². The van der Waals surface area contributed by atoms with Gasteiger partial charge in [0.1, 0.15) is 0 Å². The first kappa shape index (κ1) is 17.5. The Morgan fingerprint density at radius 1 is 1.07 bits per heavy atom. The van der Waals surface area contributed by atoms with Crippen molar-refractivity contribution in [3.63, 3.8) is 0 Å². The lowest BCUT2D eigenvalue weighted by atomic mass is 9.85. The van der Waals surface area contributed by atoms with Crippen molar-refractivity contribution in [1.29, 1.82) is 0 Å². The number of carbonyl (C=O) groups excluding carboxylic acids is 2. The van der Waals surface area contributed by atoms with Crippen LogP contribution in [-0.2, 0) is 21.8 Å². The molecule has 0 bridgehead atoms. The van der Waals surface area contributed by atoms with Gasteiger partial charge in [0.15, 0.2) is 0 Å². The van der Waals surface area contributed by atoms with Crippen molar-refractivity contribution in [3.05, 3.63) is 83.1 Å². The maximum absolute atomic E-state index is 13.0. The zero-order valence-corrected chi connectivity index (χ0v) is 14.8. The van der Waals surface area contributed by atoms with Gasteiger partial charge in [0.2, 0.25) is 17.1 Å². The van der Waals surface area contributed by atoms with Gasteiger partial charge in [-0.25, -0.2) is 4.79 Å². The zero-order chi connectivity index (χ0) is 19.2. The molecule has 1 heterocycles. The quantitative estimate of drug-likeness (QED) is 0.803. The molecule has 1 aliphatic carbocycles. The molecule has 6 nitrogen and oxygen atoms in total. The standard InChI is InChI=1S/C21H19NO5/c1-2-27-19(24)17-13-22(12-14-8-4-3-5-9-14)21(26)16-11-7-6-10-15(16)18(23)20(17,21)25/h3-11,13,25-26H,2,12H2,1H3/t20-,21+/m1/s1. The molecular formula is C21H19NO5. The van der Waals surface area contributed by atoms with Crippen molar-refractivity contribution >= 4 is 11.8 Å². The van der Waals surface area contributed by atoms with Crippen molar-refractivity contribution < 1.29 is 24.5 Å². The van der Waals surface area contributed by atoms with E-state index in [-0.39, 0.29) is 29.9 Å². The van der Waals surface area contributed by atoms with E-state index >= 15 is 0 Å². The Hall–Kier alpha value is -2.96. The predicted octanol–water partition coefficient (Wildman–Crippen LogP) is 1.72. The molecule has 138 valence electrons. The van der Waals surface area contributed by atoms with E-state index in [0.717, 1.165) is 5.56 Å². The SMILES string of the molecule is CCOC(=O)C1=CN(Cc2ccccc2)[C@]2(O)c3ccccc3C(=O)[C@]12O. The van der Waals surface area contributed by atoms with Crippen LogP contribution in [0.25, 0.3) is 0 Å². The molecule has 2 aliphatic rings. The molecule has 2 atom stereocenters. The Balaban J connectivity index is 1.88. The van der Waals surface area contributed by atoms with E-state index in [4.69, 9.17) is 4.74 Å². The summed E-state index contributed by atoms with van der Waals surface area (Å²) in [6, 6.07) is 15.8. The third-order valence-electron chi connectivity index (χ3n) is 5.16. The van der Waals surface area contributed by atoms with Crippen molar-refractivity contribution in [3.8, 4) is 0 Å². The summed E-state index contributed by atoms with van der Waals surface area (Å²) >= 11 is 0. The fourth-order valence-electron chi connectivity index (χ4n) is 3.90. The van der Waals surface area contributed by atoms with Crippen molar-refractivity contribution in [2.75, 3.05) is 6.61 Å². The summed E-state index contributed by atoms with van der Waals surface area (Å²) in [4.78, 5) is 27.0. The zero-order valence-electron chi connectivity index (χ0n) is 14.8. The summed E-state index contributed by atoms with van der Waals surface area (Å²) in [6.07, 6.45) is 1.33. The maximum atomic E-state index is 13.0. The van der Waals surface area contributed by atoms with Crippen LogP contribution >= 0.6 is 0 Å². The van der Waals surface area contributed by atoms with Gasteiger partial charge in [-0.05, 0) is 12.5 Å². The molecule has 0 unspecified atom stereocenters. The Morgan fingerprint density at radius 2 is 1.74 bits per heavy atom. The highest BCUT2D eigenvalue weighted by Gasteiger charge is 2.71. The number of ketones is 1. The third-order valence-corrected chi connectivity index (χ3v) is 5.16. The number of nitrogens with zero attached hydrogens (tertiary/aromatic N) is 1. The lowest BCUT2D eigenvalue weighted by Crippen LogP contribution is -2.57. The molecule has 2 aromatic carbocycles. The Bertz CT molecular complexity index is 954. The summed E-state index contributed by atoms with van der Waals surface area (Å²) in [5.74, 6) is -1.54. The smallest absolute Gasteiger partial charge is 0.339 e. The lowest BCUT2D eigenvalue weighted by molar-refractivity contribution is -0.175. The largest absolute Gasteiger partial charge is 0.462 e. The summed E-state index contributed by atoms with van der Waals surface area (Å²) in [5, 5.41) is 23.0. The van der Waals surface area contributed by atoms with Crippen LogP contribution in [0.4, 0.5) is 0 Å². The van der Waals surface area contributed by atoms with Gasteiger partial charge in [-0.2, -0.15) is 0 Å². The minimum atomic E-state index is -2.42. The van der Waals surface area contributed by atoms with Crippen LogP contribution in [0.2, 0.25) is 0 Å². The number of hydrogen-bond acceptors (Lipinski definition) is 6. The number of fused-ring (bicyclic) bond motifs is 3. The molecule has 1 aliphatic heterocycles. The molecule has 4 rings (SSSR count). The van der Waals surface area contributed by atoms with E-state index in [2.05, 4.69) is 0 Å². The minimum absolute atomic E-state index is 0.0878. The first-order chi connectivity index (χ1) is 12.9. The van der Waals surface area contributed by atoms with Crippen molar-refractivity contribution in [2.45, 2.75) is 24.8 Å². The molecule has 2 N–H and O–H groups in total. The van der Waals surface area contributed by atoms with Gasteiger partial charge in [0.25, 0.3) is 0 Å². The molecule has 0 radical (unpaired) electrons. The second kappa shape index (κ2) is 6.04. The van der Waals surface area contributed by atoms with Crippen molar-refractivity contribution in [2.24, 2.45) is 0 Å². The van der Waals surface area contributed by atoms with Gasteiger partial charge in [-0.15, -0.1) is 0 Å². The van der Waals surface area contributed by atoms with Crippen LogP contribution in [0, 0.1) is 0 Å². The fourth-order valence-corrected chi connectivity index (χ4v) is 3.90. The first-order valence-corrected chi connectivity index (χ1v) is 8.73. The van der Waals surface area contributed by atoms with E-state index in [1.807, 2.05) is 30.3 Å². The predicted molar refractivity (Wildman–Crippen MR) is 96.3 cm³/mol. The van der Waals surface area contributed by atoms with Gasteiger partial charge in [0, 0.05) is 23.9 Å². The molecule has 0 saturated heterocycles. The number of Topliss-reactive ketones (excluding diaryl/α,β-unsaturated/α-hetero) is 1. The number of aliphatic hydroxyl groups is 2. The number of carbonyl (C=O) groups is 2. The van der Waals surface area contributed by atoms with E-state index < -0.39 is 23.1 Å². The van der Waals surface area contributed by atoms with E-state index in [1.165, 1.54) is 17.2 Å². The fraction of sp³-hybridized carbons (Fsp3) is 0.238. The highest BCUT2D eigenvalue weighted by Crippen LogP contribution is 2.54. The topological polar surface area (TPSA) is 87.1 Å². The normalized spacial score (nSPS) is 25.8. The van der Waals surface area contributed by atoms with Crippen LogP contribution in [-0.4, -0.2) is 39.1 Å². The molecule has 0 fully saturated rings. The minimum Gasteiger partial charge on any atom is -0.462 e. The number of hydrogen-bond donors (Lipinski definition) is 2. The second-order valence-electron chi connectivity index (χ2n) is 6.63. The van der Waals surface area contributed by atoms with E-state index in [1.54, 1.807) is 25.1 Å². The van der Waals surface area contributed by atoms with Gasteiger partial charge >= 0.3 is 5.97 Å². The Kier molecular flexibility index (Phi) is 3.91. The molecule has 6 heteroatoms. The van der Waals surface area contributed by atoms with Crippen LogP contribution < -0.4 is 0 Å². The second-order valence-corrected chi connectivity index (χ2v) is 6.63. The maximum Gasteiger partial charge on any atom is 0.339 e. The monoisotopic (exact) mass is 365 g/mol. The molecule has 0 spiro atoms. The van der Waals surface area contributed by atoms with Crippen molar-refractivity contribution in [1.82, 2.24) is 4.90 Å². The highest BCUT2D eigenvalue weighted by molar-refractivity contribution is 6.16. The molecule has 2 aromatic rings. The van der Waals surface area contributed by atoms with Gasteiger partial charge in [-0.3, -0.25) is 4.79 Å². The number of benzene rings is 2. The number of ether oxygens (including phenoxy) is 1. The number of rotatable bonds is 4. The summed E-state index contributed by atoms with van der Waals surface area (Å²) in [7, 11) is 0. The average molecular weight is 365 g/mol. The average Bonchev–Trinajstić information content (AvgIpc) is 3.01. The first-order valence-electron chi connectivity index (χ1n) is 8.73.